The van der Waals surface area contributed by atoms with Crippen LogP contribution in [0.15, 0.2) is 0 Å². The highest BCUT2D eigenvalue weighted by molar-refractivity contribution is 7.89. The summed E-state index contributed by atoms with van der Waals surface area (Å²) in [5.74, 6) is 0.668. The first-order valence-corrected chi connectivity index (χ1v) is 9.91. The van der Waals surface area contributed by atoms with Crippen molar-refractivity contribution < 1.29 is 13.2 Å². The van der Waals surface area contributed by atoms with Gasteiger partial charge in [-0.05, 0) is 51.2 Å². The van der Waals surface area contributed by atoms with E-state index in [2.05, 4.69) is 10.2 Å². The number of rotatable bonds is 7. The predicted molar refractivity (Wildman–Crippen MR) is 88.5 cm³/mol. The SMILES string of the molecule is COCCN(C)S(=O)(=O)C1CCCN(CC2CCCNC2)C1. The van der Waals surface area contributed by atoms with E-state index in [1.165, 1.54) is 17.1 Å². The molecule has 0 aromatic carbocycles. The zero-order valence-corrected chi connectivity index (χ0v) is 14.8. The van der Waals surface area contributed by atoms with Crippen molar-refractivity contribution in [3.05, 3.63) is 0 Å². The average molecular weight is 333 g/mol. The van der Waals surface area contributed by atoms with Gasteiger partial charge in [-0.25, -0.2) is 12.7 Å². The molecule has 2 saturated heterocycles. The average Bonchev–Trinajstić information content (AvgIpc) is 2.53. The van der Waals surface area contributed by atoms with Crippen LogP contribution in [-0.2, 0) is 14.8 Å². The van der Waals surface area contributed by atoms with Crippen molar-refractivity contribution in [3.63, 3.8) is 0 Å². The van der Waals surface area contributed by atoms with Crippen LogP contribution in [0.1, 0.15) is 25.7 Å². The van der Waals surface area contributed by atoms with Crippen molar-refractivity contribution in [2.75, 3.05) is 60.0 Å². The lowest BCUT2D eigenvalue weighted by molar-refractivity contribution is 0.173. The van der Waals surface area contributed by atoms with Gasteiger partial charge in [-0.1, -0.05) is 0 Å². The molecule has 2 aliphatic rings. The highest BCUT2D eigenvalue weighted by Gasteiger charge is 2.34. The topological polar surface area (TPSA) is 61.9 Å². The van der Waals surface area contributed by atoms with Crippen molar-refractivity contribution >= 4 is 10.0 Å². The molecule has 0 radical (unpaired) electrons. The maximum absolute atomic E-state index is 12.7. The second kappa shape index (κ2) is 8.59. The van der Waals surface area contributed by atoms with Gasteiger partial charge in [0.05, 0.1) is 11.9 Å². The lowest BCUT2D eigenvalue weighted by Crippen LogP contribution is -2.49. The van der Waals surface area contributed by atoms with Crippen LogP contribution in [0.5, 0.6) is 0 Å². The molecule has 0 aromatic rings. The number of likely N-dealkylation sites (tertiary alicyclic amines) is 1. The van der Waals surface area contributed by atoms with Crippen LogP contribution >= 0.6 is 0 Å². The van der Waals surface area contributed by atoms with Crippen LogP contribution in [0.2, 0.25) is 0 Å². The highest BCUT2D eigenvalue weighted by Crippen LogP contribution is 2.21. The van der Waals surface area contributed by atoms with E-state index in [1.807, 2.05) is 0 Å². The highest BCUT2D eigenvalue weighted by atomic mass is 32.2. The minimum atomic E-state index is -3.21. The molecule has 2 heterocycles. The lowest BCUT2D eigenvalue weighted by atomic mass is 9.98. The van der Waals surface area contributed by atoms with Gasteiger partial charge >= 0.3 is 0 Å². The van der Waals surface area contributed by atoms with Crippen LogP contribution in [0.25, 0.3) is 0 Å². The van der Waals surface area contributed by atoms with Gasteiger partial charge in [-0.2, -0.15) is 0 Å². The quantitative estimate of drug-likeness (QED) is 0.729. The Labute approximate surface area is 135 Å². The molecular weight excluding hydrogens is 302 g/mol. The van der Waals surface area contributed by atoms with Gasteiger partial charge in [0.25, 0.3) is 0 Å². The Bertz CT molecular complexity index is 424. The Hall–Kier alpha value is -0.210. The molecule has 130 valence electrons. The molecule has 0 bridgehead atoms. The summed E-state index contributed by atoms with van der Waals surface area (Å²) in [6.45, 7) is 5.81. The van der Waals surface area contributed by atoms with Gasteiger partial charge < -0.3 is 15.0 Å². The molecule has 7 heteroatoms. The fourth-order valence-corrected chi connectivity index (χ4v) is 5.17. The van der Waals surface area contributed by atoms with E-state index in [9.17, 15) is 8.42 Å². The number of hydrogen-bond acceptors (Lipinski definition) is 5. The molecule has 0 spiro atoms. The summed E-state index contributed by atoms with van der Waals surface area (Å²) in [7, 11) is 0.0513. The zero-order valence-electron chi connectivity index (χ0n) is 14.0. The van der Waals surface area contributed by atoms with E-state index in [0.717, 1.165) is 39.0 Å². The smallest absolute Gasteiger partial charge is 0.218 e. The van der Waals surface area contributed by atoms with Gasteiger partial charge in [0, 0.05) is 33.8 Å². The number of methoxy groups -OCH3 is 1. The minimum absolute atomic E-state index is 0.264. The lowest BCUT2D eigenvalue weighted by Gasteiger charge is -2.37. The van der Waals surface area contributed by atoms with E-state index in [0.29, 0.717) is 25.6 Å². The molecule has 0 aliphatic carbocycles. The summed E-state index contributed by atoms with van der Waals surface area (Å²) in [6, 6.07) is 0. The molecular formula is C15H31N3O3S. The number of nitrogens with one attached hydrogen (secondary N) is 1. The summed E-state index contributed by atoms with van der Waals surface area (Å²) in [5, 5.41) is 3.18. The first-order valence-electron chi connectivity index (χ1n) is 8.41. The van der Waals surface area contributed by atoms with E-state index in [4.69, 9.17) is 4.74 Å². The van der Waals surface area contributed by atoms with Crippen LogP contribution in [0.4, 0.5) is 0 Å². The van der Waals surface area contributed by atoms with Crippen LogP contribution in [0.3, 0.4) is 0 Å². The maximum atomic E-state index is 12.7. The number of likely N-dealkylation sites (N-methyl/N-ethyl adjacent to an activating group) is 1. The summed E-state index contributed by atoms with van der Waals surface area (Å²) < 4.78 is 31.8. The molecule has 0 saturated carbocycles. The van der Waals surface area contributed by atoms with Crippen molar-refractivity contribution in [3.8, 4) is 0 Å². The third-order valence-electron chi connectivity index (χ3n) is 4.84. The molecule has 2 fully saturated rings. The van der Waals surface area contributed by atoms with Gasteiger partial charge in [-0.3, -0.25) is 0 Å². The summed E-state index contributed by atoms with van der Waals surface area (Å²) in [5.41, 5.74) is 0. The fraction of sp³-hybridized carbons (Fsp3) is 1.00. The summed E-state index contributed by atoms with van der Waals surface area (Å²) in [4.78, 5) is 2.35. The second-order valence-corrected chi connectivity index (χ2v) is 8.92. The minimum Gasteiger partial charge on any atom is -0.383 e. The van der Waals surface area contributed by atoms with Crippen molar-refractivity contribution in [1.29, 1.82) is 0 Å². The molecule has 2 atom stereocenters. The monoisotopic (exact) mass is 333 g/mol. The van der Waals surface area contributed by atoms with Gasteiger partial charge in [-0.15, -0.1) is 0 Å². The number of hydrogen-bond donors (Lipinski definition) is 1. The number of sulfonamides is 1. The Morgan fingerprint density at radius 3 is 2.82 bits per heavy atom. The van der Waals surface area contributed by atoms with E-state index in [1.54, 1.807) is 14.2 Å². The Balaban J connectivity index is 1.88. The molecule has 22 heavy (non-hydrogen) atoms. The summed E-state index contributed by atoms with van der Waals surface area (Å²) in [6.07, 6.45) is 4.25. The second-order valence-electron chi connectivity index (χ2n) is 6.60. The Kier molecular flexibility index (Phi) is 7.08. The molecule has 0 amide bonds. The van der Waals surface area contributed by atoms with Crippen molar-refractivity contribution in [2.24, 2.45) is 5.92 Å². The standard InChI is InChI=1S/C15H31N3O3S/c1-17(9-10-21-2)22(19,20)15-6-4-8-18(13-15)12-14-5-3-7-16-11-14/h14-16H,3-13H2,1-2H3. The zero-order chi connectivity index (χ0) is 16.0. The molecule has 2 rings (SSSR count). The number of ether oxygens (including phenoxy) is 1. The fourth-order valence-electron chi connectivity index (χ4n) is 3.47. The van der Waals surface area contributed by atoms with E-state index in [-0.39, 0.29) is 5.25 Å². The predicted octanol–water partition coefficient (Wildman–Crippen LogP) is 0.358. The maximum Gasteiger partial charge on any atom is 0.218 e. The van der Waals surface area contributed by atoms with Crippen LogP contribution in [-0.4, -0.2) is 82.9 Å². The van der Waals surface area contributed by atoms with Crippen LogP contribution in [0, 0.1) is 5.92 Å². The number of piperidine rings is 2. The third kappa shape index (κ3) is 4.89. The van der Waals surface area contributed by atoms with Crippen molar-refractivity contribution in [2.45, 2.75) is 30.9 Å². The van der Waals surface area contributed by atoms with Crippen LogP contribution < -0.4 is 5.32 Å². The summed E-state index contributed by atoms with van der Waals surface area (Å²) >= 11 is 0. The van der Waals surface area contributed by atoms with E-state index >= 15 is 0 Å². The van der Waals surface area contributed by atoms with Crippen molar-refractivity contribution in [1.82, 2.24) is 14.5 Å². The molecule has 2 aliphatic heterocycles. The Morgan fingerprint density at radius 1 is 1.32 bits per heavy atom. The van der Waals surface area contributed by atoms with E-state index < -0.39 is 10.0 Å². The largest absolute Gasteiger partial charge is 0.383 e. The third-order valence-corrected chi connectivity index (χ3v) is 7.12. The molecule has 2 unspecified atom stereocenters. The Morgan fingerprint density at radius 2 is 2.14 bits per heavy atom. The first kappa shape index (κ1) is 18.1. The van der Waals surface area contributed by atoms with Gasteiger partial charge in [0.2, 0.25) is 10.0 Å². The molecule has 6 nitrogen and oxygen atoms in total. The normalized spacial score (nSPS) is 28.1. The molecule has 1 N–H and O–H groups in total. The number of nitrogens with zero attached hydrogens (tertiary/aromatic N) is 2. The van der Waals surface area contributed by atoms with Gasteiger partial charge in [0.15, 0.2) is 0 Å². The first-order chi connectivity index (χ1) is 10.5. The van der Waals surface area contributed by atoms with Gasteiger partial charge in [0.1, 0.15) is 0 Å². The molecule has 0 aromatic heterocycles.